The first-order valence-electron chi connectivity index (χ1n) is 6.27. The van der Waals surface area contributed by atoms with E-state index in [4.69, 9.17) is 4.74 Å². The molecule has 0 saturated heterocycles. The Hall–Kier alpha value is -1.36. The Morgan fingerprint density at radius 3 is 3.00 bits per heavy atom. The molecule has 5 heteroatoms. The lowest BCUT2D eigenvalue weighted by Gasteiger charge is -2.10. The van der Waals surface area contributed by atoms with Crippen molar-refractivity contribution >= 4 is 33.5 Å². The molecular formula is C14H14BrNO3. The quantitative estimate of drug-likeness (QED) is 0.784. The number of anilines is 1. The number of fused-ring (bicyclic) bond motifs is 2. The number of esters is 1. The van der Waals surface area contributed by atoms with Gasteiger partial charge in [-0.1, -0.05) is 15.9 Å². The number of hydrogen-bond acceptors (Lipinski definition) is 3. The number of ether oxygens (including phenoxy) is 1. The van der Waals surface area contributed by atoms with Crippen LogP contribution < -0.4 is 4.90 Å². The van der Waals surface area contributed by atoms with E-state index in [9.17, 15) is 9.59 Å². The normalized spacial score (nSPS) is 27.6. The molecule has 1 fully saturated rings. The maximum absolute atomic E-state index is 12.5. The van der Waals surface area contributed by atoms with Crippen LogP contribution in [0.3, 0.4) is 0 Å². The zero-order valence-electron chi connectivity index (χ0n) is 10.8. The molecule has 1 amide bonds. The fourth-order valence-electron chi connectivity index (χ4n) is 3.01. The Bertz CT molecular complexity index is 586. The third kappa shape index (κ3) is 1.57. The Labute approximate surface area is 119 Å². The van der Waals surface area contributed by atoms with Gasteiger partial charge in [0.1, 0.15) is 0 Å². The van der Waals surface area contributed by atoms with Gasteiger partial charge in [-0.2, -0.15) is 0 Å². The standard InChI is InChI=1S/C14H14BrNO3/c1-3-19-12(17)10-7-14(10)9-6-8(15)4-5-11(9)16(2)13(14)18/h4-6,10H,3,7H2,1-2H3/t10-,14+/m0/s1. The summed E-state index contributed by atoms with van der Waals surface area (Å²) in [5, 5.41) is 0. The van der Waals surface area contributed by atoms with Crippen LogP contribution >= 0.6 is 15.9 Å². The fourth-order valence-corrected chi connectivity index (χ4v) is 3.37. The third-order valence-corrected chi connectivity index (χ3v) is 4.51. The molecule has 1 aliphatic carbocycles. The van der Waals surface area contributed by atoms with E-state index in [0.717, 1.165) is 15.7 Å². The summed E-state index contributed by atoms with van der Waals surface area (Å²) in [6.45, 7) is 2.13. The highest BCUT2D eigenvalue weighted by Gasteiger charge is 2.69. The largest absolute Gasteiger partial charge is 0.466 e. The highest BCUT2D eigenvalue weighted by molar-refractivity contribution is 9.10. The number of nitrogens with zero attached hydrogens (tertiary/aromatic N) is 1. The average Bonchev–Trinajstić information content (AvgIpc) is 3.10. The van der Waals surface area contributed by atoms with Crippen LogP contribution in [0.4, 0.5) is 5.69 Å². The van der Waals surface area contributed by atoms with E-state index in [0.29, 0.717) is 13.0 Å². The first kappa shape index (κ1) is 12.7. The minimum absolute atomic E-state index is 0.00125. The van der Waals surface area contributed by atoms with E-state index < -0.39 is 5.41 Å². The smallest absolute Gasteiger partial charge is 0.310 e. The SMILES string of the molecule is CCOC(=O)[C@@H]1C[C@]12C(=O)N(C)c1ccc(Br)cc12. The van der Waals surface area contributed by atoms with E-state index in [1.807, 2.05) is 18.2 Å². The van der Waals surface area contributed by atoms with Crippen molar-refractivity contribution in [3.8, 4) is 0 Å². The number of hydrogen-bond donors (Lipinski definition) is 0. The number of rotatable bonds is 2. The van der Waals surface area contributed by atoms with Gasteiger partial charge in [0.2, 0.25) is 5.91 Å². The average molecular weight is 324 g/mol. The van der Waals surface area contributed by atoms with Gasteiger partial charge in [0.05, 0.1) is 17.9 Å². The van der Waals surface area contributed by atoms with E-state index >= 15 is 0 Å². The van der Waals surface area contributed by atoms with Gasteiger partial charge < -0.3 is 9.64 Å². The van der Waals surface area contributed by atoms with Crippen molar-refractivity contribution in [3.05, 3.63) is 28.2 Å². The maximum atomic E-state index is 12.5. The zero-order chi connectivity index (χ0) is 13.8. The molecule has 4 nitrogen and oxygen atoms in total. The van der Waals surface area contributed by atoms with E-state index in [1.165, 1.54) is 0 Å². The minimum Gasteiger partial charge on any atom is -0.466 e. The van der Waals surface area contributed by atoms with Crippen molar-refractivity contribution < 1.29 is 14.3 Å². The van der Waals surface area contributed by atoms with Crippen LogP contribution in [0.25, 0.3) is 0 Å². The summed E-state index contributed by atoms with van der Waals surface area (Å²) < 4.78 is 5.98. The first-order chi connectivity index (χ1) is 9.02. The van der Waals surface area contributed by atoms with Crippen molar-refractivity contribution in [2.24, 2.45) is 5.92 Å². The summed E-state index contributed by atoms with van der Waals surface area (Å²) in [4.78, 5) is 26.0. The molecule has 2 aliphatic rings. The fraction of sp³-hybridized carbons (Fsp3) is 0.429. The van der Waals surface area contributed by atoms with Crippen molar-refractivity contribution in [1.29, 1.82) is 0 Å². The molecule has 0 radical (unpaired) electrons. The summed E-state index contributed by atoms with van der Waals surface area (Å²) in [6.07, 6.45) is 0.554. The number of carbonyl (C=O) groups excluding carboxylic acids is 2. The molecule has 1 aromatic rings. The van der Waals surface area contributed by atoms with E-state index in [-0.39, 0.29) is 17.8 Å². The molecule has 2 atom stereocenters. The summed E-state index contributed by atoms with van der Waals surface area (Å²) in [7, 11) is 1.75. The summed E-state index contributed by atoms with van der Waals surface area (Å²) in [6, 6.07) is 5.76. The van der Waals surface area contributed by atoms with Crippen LogP contribution in [-0.2, 0) is 19.7 Å². The molecule has 1 saturated carbocycles. The maximum Gasteiger partial charge on any atom is 0.310 e. The Kier molecular flexibility index (Phi) is 2.71. The molecule has 0 unspecified atom stereocenters. The monoisotopic (exact) mass is 323 g/mol. The molecule has 0 aromatic heterocycles. The van der Waals surface area contributed by atoms with Crippen molar-refractivity contribution in [3.63, 3.8) is 0 Å². The lowest BCUT2D eigenvalue weighted by atomic mass is 9.95. The van der Waals surface area contributed by atoms with Crippen molar-refractivity contribution in [1.82, 2.24) is 0 Å². The molecule has 0 bridgehead atoms. The number of halogens is 1. The third-order valence-electron chi connectivity index (χ3n) is 4.02. The molecule has 3 rings (SSSR count). The van der Waals surface area contributed by atoms with Crippen LogP contribution in [-0.4, -0.2) is 25.5 Å². The highest BCUT2D eigenvalue weighted by Crippen LogP contribution is 2.62. The second kappa shape index (κ2) is 4.07. The van der Waals surface area contributed by atoms with E-state index in [2.05, 4.69) is 15.9 Å². The number of likely N-dealkylation sites (N-methyl/N-ethyl adjacent to an activating group) is 1. The Morgan fingerprint density at radius 2 is 2.32 bits per heavy atom. The van der Waals surface area contributed by atoms with Gasteiger partial charge >= 0.3 is 5.97 Å². The van der Waals surface area contributed by atoms with Gasteiger partial charge in [-0.3, -0.25) is 9.59 Å². The molecule has 1 heterocycles. The molecule has 100 valence electrons. The molecular weight excluding hydrogens is 310 g/mol. The molecule has 19 heavy (non-hydrogen) atoms. The lowest BCUT2D eigenvalue weighted by molar-refractivity contribution is -0.146. The van der Waals surface area contributed by atoms with Gasteiger partial charge in [0.25, 0.3) is 0 Å². The second-order valence-electron chi connectivity index (χ2n) is 5.01. The molecule has 1 aromatic carbocycles. The van der Waals surface area contributed by atoms with Gasteiger partial charge in [-0.05, 0) is 37.1 Å². The van der Waals surface area contributed by atoms with Crippen molar-refractivity contribution in [2.45, 2.75) is 18.8 Å². The van der Waals surface area contributed by atoms with E-state index in [1.54, 1.807) is 18.9 Å². The van der Waals surface area contributed by atoms with Crippen LogP contribution in [0.15, 0.2) is 22.7 Å². The van der Waals surface area contributed by atoms with Gasteiger partial charge in [-0.15, -0.1) is 0 Å². The van der Waals surface area contributed by atoms with Crippen LogP contribution in [0.2, 0.25) is 0 Å². The predicted molar refractivity (Wildman–Crippen MR) is 74.0 cm³/mol. The summed E-state index contributed by atoms with van der Waals surface area (Å²) in [5.74, 6) is -0.603. The van der Waals surface area contributed by atoms with Crippen LogP contribution in [0, 0.1) is 5.92 Å². The van der Waals surface area contributed by atoms with Gasteiger partial charge in [0.15, 0.2) is 0 Å². The highest BCUT2D eigenvalue weighted by atomic mass is 79.9. The molecule has 1 spiro atoms. The number of amides is 1. The topological polar surface area (TPSA) is 46.6 Å². The molecule has 1 aliphatic heterocycles. The van der Waals surface area contributed by atoms with Crippen LogP contribution in [0.1, 0.15) is 18.9 Å². The Morgan fingerprint density at radius 1 is 1.58 bits per heavy atom. The predicted octanol–water partition coefficient (Wildman–Crippen LogP) is 2.25. The second-order valence-corrected chi connectivity index (χ2v) is 5.92. The lowest BCUT2D eigenvalue weighted by Crippen LogP contribution is -2.31. The summed E-state index contributed by atoms with van der Waals surface area (Å²) >= 11 is 3.43. The van der Waals surface area contributed by atoms with Gasteiger partial charge in [0, 0.05) is 17.2 Å². The Balaban J connectivity index is 2.04. The van der Waals surface area contributed by atoms with Crippen molar-refractivity contribution in [2.75, 3.05) is 18.6 Å². The number of carbonyl (C=O) groups is 2. The van der Waals surface area contributed by atoms with Crippen LogP contribution in [0.5, 0.6) is 0 Å². The summed E-state index contributed by atoms with van der Waals surface area (Å²) in [5.41, 5.74) is 1.15. The number of benzene rings is 1. The first-order valence-corrected chi connectivity index (χ1v) is 7.06. The van der Waals surface area contributed by atoms with Gasteiger partial charge in [-0.25, -0.2) is 0 Å². The minimum atomic E-state index is -0.680. The molecule has 0 N–H and O–H groups in total. The zero-order valence-corrected chi connectivity index (χ0v) is 12.4.